The molecule has 1 saturated carbocycles. The van der Waals surface area contributed by atoms with Crippen LogP contribution in [0.25, 0.3) is 5.57 Å². The summed E-state index contributed by atoms with van der Waals surface area (Å²) in [5.74, 6) is 0.546. The van der Waals surface area contributed by atoms with E-state index in [1.807, 2.05) is 44.3 Å². The molecule has 0 saturated heterocycles. The lowest BCUT2D eigenvalue weighted by Gasteiger charge is -2.30. The van der Waals surface area contributed by atoms with Crippen molar-refractivity contribution in [3.8, 4) is 0 Å². The second-order valence-corrected chi connectivity index (χ2v) is 9.76. The van der Waals surface area contributed by atoms with Crippen molar-refractivity contribution >= 4 is 17.5 Å². The molecular formula is C32H39N3O. The zero-order chi connectivity index (χ0) is 26.1. The topological polar surface area (TPSA) is 48.2 Å². The smallest absolute Gasteiger partial charge is 0.0708 e. The third kappa shape index (κ3) is 7.50. The fraction of sp³-hybridized carbons (Fsp3) is 0.312. The molecule has 0 radical (unpaired) electrons. The summed E-state index contributed by atoms with van der Waals surface area (Å²) >= 11 is 0. The van der Waals surface area contributed by atoms with Crippen LogP contribution in [0.2, 0.25) is 0 Å². The van der Waals surface area contributed by atoms with Crippen LogP contribution in [0.1, 0.15) is 43.7 Å². The van der Waals surface area contributed by atoms with Gasteiger partial charge in [0.1, 0.15) is 0 Å². The average molecular weight is 482 g/mol. The average Bonchev–Trinajstić information content (AvgIpc) is 3.03. The second kappa shape index (κ2) is 13.0. The minimum atomic E-state index is -0.135. The molecule has 1 N–H and O–H groups in total. The molecular weight excluding hydrogens is 442 g/mol. The molecule has 1 aliphatic carbocycles. The summed E-state index contributed by atoms with van der Waals surface area (Å²) in [6, 6.07) is 8.48. The molecule has 1 aromatic rings. The van der Waals surface area contributed by atoms with Crippen molar-refractivity contribution in [2.75, 3.05) is 21.1 Å². The van der Waals surface area contributed by atoms with Crippen molar-refractivity contribution in [3.05, 3.63) is 114 Å². The number of nitrogens with zero attached hydrogens (tertiary/aromatic N) is 3. The van der Waals surface area contributed by atoms with Gasteiger partial charge in [-0.1, -0.05) is 67.3 Å². The maximum atomic E-state index is 9.64. The van der Waals surface area contributed by atoms with E-state index in [0.717, 1.165) is 70.5 Å². The Morgan fingerprint density at radius 2 is 2.03 bits per heavy atom. The van der Waals surface area contributed by atoms with Crippen LogP contribution in [0.5, 0.6) is 0 Å². The Labute approximate surface area is 216 Å². The normalized spacial score (nSPS) is 21.0. The van der Waals surface area contributed by atoms with Crippen molar-refractivity contribution in [3.63, 3.8) is 0 Å². The van der Waals surface area contributed by atoms with Gasteiger partial charge >= 0.3 is 0 Å². The molecule has 0 unspecified atom stereocenters. The van der Waals surface area contributed by atoms with Crippen LogP contribution in [0.3, 0.4) is 0 Å². The highest BCUT2D eigenvalue weighted by atomic mass is 16.3. The van der Waals surface area contributed by atoms with Gasteiger partial charge in [0.15, 0.2) is 0 Å². The Kier molecular flexibility index (Phi) is 9.77. The van der Waals surface area contributed by atoms with Crippen LogP contribution in [-0.2, 0) is 0 Å². The van der Waals surface area contributed by atoms with Gasteiger partial charge in [-0.15, -0.1) is 0 Å². The quantitative estimate of drug-likeness (QED) is 0.299. The number of aliphatic hydroxyl groups excluding tert-OH is 1. The lowest BCUT2D eigenvalue weighted by Crippen LogP contribution is -2.27. The summed E-state index contributed by atoms with van der Waals surface area (Å²) < 4.78 is 0. The molecule has 0 atom stereocenters. The first-order valence-electron chi connectivity index (χ1n) is 12.5. The predicted molar refractivity (Wildman–Crippen MR) is 155 cm³/mol. The van der Waals surface area contributed by atoms with Crippen molar-refractivity contribution in [1.29, 1.82) is 0 Å². The highest BCUT2D eigenvalue weighted by molar-refractivity contribution is 6.03. The highest BCUT2D eigenvalue weighted by Gasteiger charge is 2.25. The van der Waals surface area contributed by atoms with Gasteiger partial charge in [-0.25, -0.2) is 0 Å². The second-order valence-electron chi connectivity index (χ2n) is 9.76. The molecule has 188 valence electrons. The van der Waals surface area contributed by atoms with Crippen LogP contribution >= 0.6 is 0 Å². The Bertz CT molecular complexity index is 1180. The molecule has 1 fully saturated rings. The van der Waals surface area contributed by atoms with E-state index in [1.54, 1.807) is 7.05 Å². The number of aliphatic imine (C=N–C) groups is 2. The minimum absolute atomic E-state index is 0.135. The van der Waals surface area contributed by atoms with E-state index in [0.29, 0.717) is 5.92 Å². The molecule has 0 aromatic heterocycles. The molecule has 36 heavy (non-hydrogen) atoms. The molecule has 2 aliphatic rings. The Hall–Kier alpha value is -3.50. The van der Waals surface area contributed by atoms with Crippen LogP contribution in [-0.4, -0.2) is 49.2 Å². The lowest BCUT2D eigenvalue weighted by molar-refractivity contribution is 0.0444. The third-order valence-corrected chi connectivity index (χ3v) is 6.21. The Morgan fingerprint density at radius 1 is 1.25 bits per heavy atom. The number of aliphatic hydroxyl groups is 1. The lowest BCUT2D eigenvalue weighted by atomic mass is 9.80. The number of allylic oxidation sites excluding steroid dienone is 10. The number of hydrogen-bond acceptors (Lipinski definition) is 4. The molecule has 0 spiro atoms. The zero-order valence-electron chi connectivity index (χ0n) is 22.1. The molecule has 1 heterocycles. The van der Waals surface area contributed by atoms with Crippen LogP contribution in [0, 0.1) is 5.92 Å². The van der Waals surface area contributed by atoms with E-state index in [1.165, 1.54) is 0 Å². The first-order chi connectivity index (χ1) is 17.3. The van der Waals surface area contributed by atoms with Crippen LogP contribution < -0.4 is 0 Å². The first-order valence-corrected chi connectivity index (χ1v) is 12.5. The molecule has 0 amide bonds. The maximum Gasteiger partial charge on any atom is 0.0708 e. The first kappa shape index (κ1) is 27.1. The van der Waals surface area contributed by atoms with Crippen molar-refractivity contribution in [2.24, 2.45) is 15.9 Å². The monoisotopic (exact) mass is 481 g/mol. The summed E-state index contributed by atoms with van der Waals surface area (Å²) in [6.07, 6.45) is 19.8. The van der Waals surface area contributed by atoms with Crippen LogP contribution in [0.4, 0.5) is 0 Å². The summed E-state index contributed by atoms with van der Waals surface area (Å²) in [5.41, 5.74) is 8.16. The molecule has 1 aromatic carbocycles. The zero-order valence-corrected chi connectivity index (χ0v) is 22.1. The molecule has 4 nitrogen and oxygen atoms in total. The molecule has 0 bridgehead atoms. The maximum absolute atomic E-state index is 9.64. The fourth-order valence-electron chi connectivity index (χ4n) is 4.43. The largest absolute Gasteiger partial charge is 0.393 e. The van der Waals surface area contributed by atoms with E-state index >= 15 is 0 Å². The van der Waals surface area contributed by atoms with E-state index in [9.17, 15) is 5.11 Å². The van der Waals surface area contributed by atoms with E-state index < -0.39 is 0 Å². The minimum Gasteiger partial charge on any atom is -0.393 e. The standard InChI is InChI=1S/C32H39N3O/c1-7-25(22-35(5)6)26-12-9-13-27(20-26)31-15-10-14-30(28(21-33-4)17-23(2)3)32(34-31)16-8-11-24-18-29(36)19-24/h7-10,12-14,16-17,20-22,24,29,36H,1-2,11,15,18-19H2,3-6H3/b16-8+,25-22+,28-17+,33-21-. The number of benzene rings is 1. The number of hydrogen-bond donors (Lipinski definition) is 1. The van der Waals surface area contributed by atoms with Crippen molar-refractivity contribution in [2.45, 2.75) is 38.7 Å². The summed E-state index contributed by atoms with van der Waals surface area (Å²) in [5, 5.41) is 9.64. The SMILES string of the molecule is C=C/C(=C\N(C)C)c1cccc(C2=NC(/C=C/CC3CC(O)C3)=C(C(/C=N\C)=C/C(=C)C)C=CC2)c1. The van der Waals surface area contributed by atoms with Gasteiger partial charge in [0.25, 0.3) is 0 Å². The molecule has 3 rings (SSSR count). The van der Waals surface area contributed by atoms with Gasteiger partial charge in [-0.05, 0) is 60.9 Å². The van der Waals surface area contributed by atoms with Crippen molar-refractivity contribution in [1.82, 2.24) is 4.90 Å². The summed E-state index contributed by atoms with van der Waals surface area (Å²) in [7, 11) is 5.81. The summed E-state index contributed by atoms with van der Waals surface area (Å²) in [6.45, 7) is 10.1. The van der Waals surface area contributed by atoms with Crippen molar-refractivity contribution < 1.29 is 5.11 Å². The summed E-state index contributed by atoms with van der Waals surface area (Å²) in [4.78, 5) is 11.5. The molecule has 1 aliphatic heterocycles. The highest BCUT2D eigenvalue weighted by Crippen LogP contribution is 2.31. The predicted octanol–water partition coefficient (Wildman–Crippen LogP) is 6.70. The fourth-order valence-corrected chi connectivity index (χ4v) is 4.43. The third-order valence-electron chi connectivity index (χ3n) is 6.21. The number of rotatable bonds is 10. The van der Waals surface area contributed by atoms with Gasteiger partial charge in [-0.2, -0.15) is 0 Å². The van der Waals surface area contributed by atoms with Gasteiger partial charge < -0.3 is 10.0 Å². The van der Waals surface area contributed by atoms with Gasteiger partial charge in [0.05, 0.1) is 17.5 Å². The van der Waals surface area contributed by atoms with Gasteiger partial charge in [-0.3, -0.25) is 9.98 Å². The van der Waals surface area contributed by atoms with Gasteiger partial charge in [0, 0.05) is 51.1 Å². The van der Waals surface area contributed by atoms with E-state index in [-0.39, 0.29) is 6.10 Å². The molecule has 4 heteroatoms. The Balaban J connectivity index is 2.07. The van der Waals surface area contributed by atoms with Gasteiger partial charge in [0.2, 0.25) is 0 Å². The van der Waals surface area contributed by atoms with Crippen LogP contribution in [0.15, 0.2) is 112 Å². The Morgan fingerprint density at radius 3 is 2.67 bits per heavy atom. The van der Waals surface area contributed by atoms with E-state index in [4.69, 9.17) is 4.99 Å². The van der Waals surface area contributed by atoms with E-state index in [2.05, 4.69) is 72.9 Å².